The minimum absolute atomic E-state index is 0.0916. The molecule has 0 radical (unpaired) electrons. The summed E-state index contributed by atoms with van der Waals surface area (Å²) >= 11 is 1.13. The van der Waals surface area contributed by atoms with E-state index < -0.39 is 5.97 Å². The summed E-state index contributed by atoms with van der Waals surface area (Å²) < 4.78 is 16.2. The zero-order valence-electron chi connectivity index (χ0n) is 16.6. The van der Waals surface area contributed by atoms with E-state index in [9.17, 15) is 9.59 Å². The predicted octanol–water partition coefficient (Wildman–Crippen LogP) is 4.04. The van der Waals surface area contributed by atoms with Crippen molar-refractivity contribution >= 4 is 29.3 Å². The summed E-state index contributed by atoms with van der Waals surface area (Å²) in [7, 11) is 0. The average Bonchev–Trinajstić information content (AvgIpc) is 3.22. The van der Waals surface area contributed by atoms with Crippen LogP contribution in [0.15, 0.2) is 58.2 Å². The molecule has 8 nitrogen and oxygen atoms in total. The Kier molecular flexibility index (Phi) is 7.45. The van der Waals surface area contributed by atoms with Crippen molar-refractivity contribution in [1.82, 2.24) is 10.2 Å². The van der Waals surface area contributed by atoms with E-state index in [4.69, 9.17) is 13.9 Å². The van der Waals surface area contributed by atoms with E-state index in [1.165, 1.54) is 0 Å². The van der Waals surface area contributed by atoms with Gasteiger partial charge in [0, 0.05) is 5.69 Å². The number of nitrogens with zero attached hydrogens (tertiary/aromatic N) is 2. The van der Waals surface area contributed by atoms with Crippen LogP contribution < -0.4 is 10.1 Å². The molecule has 0 saturated heterocycles. The lowest BCUT2D eigenvalue weighted by Gasteiger charge is -2.06. The number of esters is 1. The fourth-order valence-corrected chi connectivity index (χ4v) is 3.09. The average molecular weight is 427 g/mol. The van der Waals surface area contributed by atoms with Crippen LogP contribution in [-0.2, 0) is 9.53 Å². The van der Waals surface area contributed by atoms with Gasteiger partial charge in [-0.15, -0.1) is 10.2 Å². The maximum absolute atomic E-state index is 12.2. The van der Waals surface area contributed by atoms with Crippen LogP contribution in [0.4, 0.5) is 5.69 Å². The highest BCUT2D eigenvalue weighted by Crippen LogP contribution is 2.30. The topological polar surface area (TPSA) is 104 Å². The van der Waals surface area contributed by atoms with Crippen LogP contribution >= 0.6 is 11.8 Å². The predicted molar refractivity (Wildman–Crippen MR) is 113 cm³/mol. The molecule has 0 atom stereocenters. The second kappa shape index (κ2) is 10.4. The molecule has 0 fully saturated rings. The molecule has 9 heteroatoms. The molecule has 0 spiro atoms. The van der Waals surface area contributed by atoms with Crippen molar-refractivity contribution < 1.29 is 23.5 Å². The fourth-order valence-electron chi connectivity index (χ4n) is 2.53. The van der Waals surface area contributed by atoms with Crippen LogP contribution in [0.3, 0.4) is 0 Å². The summed E-state index contributed by atoms with van der Waals surface area (Å²) in [6.45, 7) is 4.47. The van der Waals surface area contributed by atoms with Gasteiger partial charge in [-0.2, -0.15) is 0 Å². The highest BCUT2D eigenvalue weighted by atomic mass is 32.2. The summed E-state index contributed by atoms with van der Waals surface area (Å²) in [5.41, 5.74) is 1.70. The first kappa shape index (κ1) is 21.4. The first-order valence-corrected chi connectivity index (χ1v) is 10.3. The Hall–Kier alpha value is -3.33. The number of amides is 1. The van der Waals surface area contributed by atoms with E-state index in [0.29, 0.717) is 41.7 Å². The Bertz CT molecular complexity index is 1000. The largest absolute Gasteiger partial charge is 0.493 e. The molecule has 1 amide bonds. The van der Waals surface area contributed by atoms with Crippen LogP contribution in [0.5, 0.6) is 5.75 Å². The van der Waals surface area contributed by atoms with Crippen molar-refractivity contribution in [2.24, 2.45) is 0 Å². The fraction of sp³-hybridized carbons (Fsp3) is 0.238. The van der Waals surface area contributed by atoms with Crippen LogP contribution in [0.2, 0.25) is 0 Å². The van der Waals surface area contributed by atoms with Crippen molar-refractivity contribution in [3.8, 4) is 17.2 Å². The van der Waals surface area contributed by atoms with E-state index in [1.807, 2.05) is 31.2 Å². The summed E-state index contributed by atoms with van der Waals surface area (Å²) in [5, 5.41) is 11.1. The van der Waals surface area contributed by atoms with Gasteiger partial charge in [-0.3, -0.25) is 4.79 Å². The Morgan fingerprint density at radius 1 is 1.03 bits per heavy atom. The van der Waals surface area contributed by atoms with Crippen LogP contribution in [-0.4, -0.2) is 41.0 Å². The van der Waals surface area contributed by atoms with Gasteiger partial charge in [-0.1, -0.05) is 23.9 Å². The molecule has 0 aliphatic carbocycles. The second-order valence-electron chi connectivity index (χ2n) is 5.94. The van der Waals surface area contributed by atoms with E-state index in [1.54, 1.807) is 31.2 Å². The van der Waals surface area contributed by atoms with E-state index in [2.05, 4.69) is 15.5 Å². The molecule has 1 aromatic heterocycles. The van der Waals surface area contributed by atoms with Crippen molar-refractivity contribution in [2.75, 3.05) is 24.3 Å². The lowest BCUT2D eigenvalue weighted by molar-refractivity contribution is -0.113. The highest BCUT2D eigenvalue weighted by molar-refractivity contribution is 7.99. The molecule has 1 N–H and O–H groups in total. The SMILES string of the molecule is CCOC(=O)c1ccc(NC(=O)CSc2nnc(-c3ccccc3OCC)o2)cc1. The van der Waals surface area contributed by atoms with Crippen LogP contribution in [0.25, 0.3) is 11.5 Å². The molecule has 0 saturated carbocycles. The van der Waals surface area contributed by atoms with Crippen LogP contribution in [0, 0.1) is 0 Å². The van der Waals surface area contributed by atoms with Crippen molar-refractivity contribution in [1.29, 1.82) is 0 Å². The number of hydrogen-bond acceptors (Lipinski definition) is 8. The molecule has 156 valence electrons. The molecule has 3 rings (SSSR count). The first-order chi connectivity index (χ1) is 14.6. The molecule has 2 aromatic carbocycles. The Balaban J connectivity index is 1.55. The number of thioether (sulfide) groups is 1. The van der Waals surface area contributed by atoms with E-state index in [-0.39, 0.29) is 16.9 Å². The number of ether oxygens (including phenoxy) is 2. The third-order valence-electron chi connectivity index (χ3n) is 3.83. The van der Waals surface area contributed by atoms with Gasteiger partial charge in [-0.05, 0) is 50.2 Å². The smallest absolute Gasteiger partial charge is 0.338 e. The van der Waals surface area contributed by atoms with Gasteiger partial charge in [0.05, 0.1) is 30.1 Å². The van der Waals surface area contributed by atoms with Gasteiger partial charge in [0.1, 0.15) is 5.75 Å². The third kappa shape index (κ3) is 5.60. The standard InChI is InChI=1S/C21H21N3O5S/c1-3-27-17-8-6-5-7-16(17)19-23-24-21(29-19)30-13-18(25)22-15-11-9-14(10-12-15)20(26)28-4-2/h5-12H,3-4,13H2,1-2H3,(H,22,25). The monoisotopic (exact) mass is 427 g/mol. The number of hydrogen-bond donors (Lipinski definition) is 1. The number of nitrogens with one attached hydrogen (secondary N) is 1. The van der Waals surface area contributed by atoms with Crippen molar-refractivity contribution in [3.05, 3.63) is 54.1 Å². The minimum atomic E-state index is -0.399. The number of carbonyl (C=O) groups excluding carboxylic acids is 2. The zero-order valence-corrected chi connectivity index (χ0v) is 17.4. The lowest BCUT2D eigenvalue weighted by Crippen LogP contribution is -2.14. The van der Waals surface area contributed by atoms with Gasteiger partial charge in [-0.25, -0.2) is 4.79 Å². The molecule has 0 aliphatic heterocycles. The molecule has 1 heterocycles. The summed E-state index contributed by atoms with van der Waals surface area (Å²) in [6.07, 6.45) is 0. The van der Waals surface area contributed by atoms with Crippen LogP contribution in [0.1, 0.15) is 24.2 Å². The maximum Gasteiger partial charge on any atom is 0.338 e. The molecular formula is C21H21N3O5S. The molecular weight excluding hydrogens is 406 g/mol. The number of rotatable bonds is 9. The summed E-state index contributed by atoms with van der Waals surface area (Å²) in [4.78, 5) is 23.8. The first-order valence-electron chi connectivity index (χ1n) is 9.36. The van der Waals surface area contributed by atoms with Crippen molar-refractivity contribution in [2.45, 2.75) is 19.1 Å². The van der Waals surface area contributed by atoms with Gasteiger partial charge >= 0.3 is 5.97 Å². The highest BCUT2D eigenvalue weighted by Gasteiger charge is 2.15. The Labute approximate surface area is 178 Å². The third-order valence-corrected chi connectivity index (χ3v) is 4.65. The summed E-state index contributed by atoms with van der Waals surface area (Å²) in [5.74, 6) is 0.442. The van der Waals surface area contributed by atoms with Crippen molar-refractivity contribution in [3.63, 3.8) is 0 Å². The van der Waals surface area contributed by atoms with E-state index >= 15 is 0 Å². The Morgan fingerprint density at radius 2 is 1.80 bits per heavy atom. The zero-order chi connectivity index (χ0) is 21.3. The van der Waals surface area contributed by atoms with Gasteiger partial charge in [0.25, 0.3) is 11.1 Å². The van der Waals surface area contributed by atoms with E-state index in [0.717, 1.165) is 11.8 Å². The molecule has 0 unspecified atom stereocenters. The van der Waals surface area contributed by atoms with Gasteiger partial charge in [0.15, 0.2) is 0 Å². The minimum Gasteiger partial charge on any atom is -0.493 e. The molecule has 0 bridgehead atoms. The molecule has 3 aromatic rings. The number of aromatic nitrogens is 2. The number of para-hydroxylation sites is 1. The molecule has 30 heavy (non-hydrogen) atoms. The normalized spacial score (nSPS) is 10.5. The second-order valence-corrected chi connectivity index (χ2v) is 6.86. The maximum atomic E-state index is 12.2. The van der Waals surface area contributed by atoms with Gasteiger partial charge < -0.3 is 19.2 Å². The summed E-state index contributed by atoms with van der Waals surface area (Å²) in [6, 6.07) is 13.9. The number of benzene rings is 2. The quantitative estimate of drug-likeness (QED) is 0.403. The lowest BCUT2D eigenvalue weighted by atomic mass is 10.2. The molecule has 0 aliphatic rings. The Morgan fingerprint density at radius 3 is 2.53 bits per heavy atom. The number of carbonyl (C=O) groups is 2. The van der Waals surface area contributed by atoms with Gasteiger partial charge in [0.2, 0.25) is 5.91 Å². The number of anilines is 1.